The van der Waals surface area contributed by atoms with Gasteiger partial charge in [0.1, 0.15) is 0 Å². The fourth-order valence-electron chi connectivity index (χ4n) is 2.02. The Bertz CT molecular complexity index is 559. The van der Waals surface area contributed by atoms with Gasteiger partial charge in [0, 0.05) is 29.0 Å². The molecule has 0 atom stereocenters. The van der Waals surface area contributed by atoms with E-state index in [9.17, 15) is 0 Å². The average molecular weight is 331 g/mol. The molecule has 0 bridgehead atoms. The molecule has 1 aromatic heterocycles. The number of pyridine rings is 1. The van der Waals surface area contributed by atoms with Gasteiger partial charge in [-0.25, -0.2) is 0 Å². The predicted molar refractivity (Wildman–Crippen MR) is 88.6 cm³/mol. The molecule has 20 heavy (non-hydrogen) atoms. The van der Waals surface area contributed by atoms with E-state index in [4.69, 9.17) is 0 Å². The molecule has 1 aromatic carbocycles. The van der Waals surface area contributed by atoms with Gasteiger partial charge in [-0.1, -0.05) is 40.2 Å². The summed E-state index contributed by atoms with van der Waals surface area (Å²) in [5.41, 5.74) is 3.63. The fraction of sp³-hybridized carbons (Fsp3) is 0.235. The van der Waals surface area contributed by atoms with Gasteiger partial charge in [0.2, 0.25) is 0 Å². The minimum atomic E-state index is 1.02. The Morgan fingerprint density at radius 2 is 1.90 bits per heavy atom. The van der Waals surface area contributed by atoms with Gasteiger partial charge in [-0.2, -0.15) is 0 Å². The maximum atomic E-state index is 4.23. The molecule has 0 amide bonds. The predicted octanol–water partition coefficient (Wildman–Crippen LogP) is 4.23. The molecule has 2 rings (SSSR count). The first-order valence-electron chi connectivity index (χ1n) is 6.68. The van der Waals surface area contributed by atoms with Crippen LogP contribution < -0.4 is 0 Å². The van der Waals surface area contributed by atoms with Gasteiger partial charge < -0.3 is 4.90 Å². The molecule has 2 nitrogen and oxygen atoms in total. The number of aromatic nitrogens is 1. The highest BCUT2D eigenvalue weighted by molar-refractivity contribution is 9.10. The third kappa shape index (κ3) is 4.29. The zero-order valence-electron chi connectivity index (χ0n) is 11.9. The average Bonchev–Trinajstić information content (AvgIpc) is 2.46. The second kappa shape index (κ2) is 7.36. The summed E-state index contributed by atoms with van der Waals surface area (Å²) in [6, 6.07) is 12.5. The summed E-state index contributed by atoms with van der Waals surface area (Å²) in [5, 5.41) is 0. The molecule has 3 heteroatoms. The molecule has 0 N–H and O–H groups in total. The van der Waals surface area contributed by atoms with Crippen molar-refractivity contribution in [3.63, 3.8) is 0 Å². The first-order chi connectivity index (χ1) is 9.66. The van der Waals surface area contributed by atoms with Gasteiger partial charge >= 0.3 is 0 Å². The van der Waals surface area contributed by atoms with Crippen molar-refractivity contribution in [1.82, 2.24) is 9.88 Å². The Morgan fingerprint density at radius 1 is 1.15 bits per heavy atom. The van der Waals surface area contributed by atoms with Crippen LogP contribution in [-0.2, 0) is 0 Å². The minimum absolute atomic E-state index is 1.02. The third-order valence-electron chi connectivity index (χ3n) is 3.05. The van der Waals surface area contributed by atoms with E-state index < -0.39 is 0 Å². The van der Waals surface area contributed by atoms with Crippen LogP contribution in [0.25, 0.3) is 5.57 Å². The van der Waals surface area contributed by atoms with E-state index in [0.717, 1.165) is 23.0 Å². The second-order valence-corrected chi connectivity index (χ2v) is 5.87. The molecule has 0 unspecified atom stereocenters. The molecule has 2 aromatic rings. The van der Waals surface area contributed by atoms with Gasteiger partial charge in [-0.05, 0) is 49.9 Å². The molecule has 0 saturated carbocycles. The van der Waals surface area contributed by atoms with Crippen LogP contribution in [0.3, 0.4) is 0 Å². The highest BCUT2D eigenvalue weighted by atomic mass is 79.9. The molecule has 0 spiro atoms. The first-order valence-corrected chi connectivity index (χ1v) is 7.47. The number of rotatable bonds is 5. The molecule has 104 valence electrons. The van der Waals surface area contributed by atoms with Gasteiger partial charge in [0.15, 0.2) is 0 Å². The van der Waals surface area contributed by atoms with E-state index in [2.05, 4.69) is 76.3 Å². The van der Waals surface area contributed by atoms with Crippen molar-refractivity contribution in [2.45, 2.75) is 6.42 Å². The molecule has 0 radical (unpaired) electrons. The number of hydrogen-bond acceptors (Lipinski definition) is 2. The standard InChI is InChI=1S/C17H19BrN2/c1-20(2)12-4-6-17(15-5-3-11-19-13-15)14-7-9-16(18)10-8-14/h3,5-11,13H,4,12H2,1-2H3/b17-6+. The highest BCUT2D eigenvalue weighted by Crippen LogP contribution is 2.24. The third-order valence-corrected chi connectivity index (χ3v) is 3.58. The Hall–Kier alpha value is -1.45. The van der Waals surface area contributed by atoms with Crippen LogP contribution in [0.4, 0.5) is 0 Å². The van der Waals surface area contributed by atoms with Crippen molar-refractivity contribution >= 4 is 21.5 Å². The van der Waals surface area contributed by atoms with Crippen molar-refractivity contribution < 1.29 is 0 Å². The Labute approximate surface area is 129 Å². The SMILES string of the molecule is CN(C)CC/C=C(\c1ccc(Br)cc1)c1cccnc1. The van der Waals surface area contributed by atoms with E-state index in [1.807, 2.05) is 18.5 Å². The van der Waals surface area contributed by atoms with E-state index in [-0.39, 0.29) is 0 Å². The Balaban J connectivity index is 2.31. The van der Waals surface area contributed by atoms with Crippen LogP contribution >= 0.6 is 15.9 Å². The summed E-state index contributed by atoms with van der Waals surface area (Å²) in [7, 11) is 4.19. The summed E-state index contributed by atoms with van der Waals surface area (Å²) in [4.78, 5) is 6.42. The van der Waals surface area contributed by atoms with Gasteiger partial charge in [0.25, 0.3) is 0 Å². The lowest BCUT2D eigenvalue weighted by Crippen LogP contribution is -2.12. The van der Waals surface area contributed by atoms with E-state index in [1.165, 1.54) is 11.1 Å². The lowest BCUT2D eigenvalue weighted by atomic mass is 9.98. The molecular weight excluding hydrogens is 312 g/mol. The maximum Gasteiger partial charge on any atom is 0.0346 e. The molecule has 0 aliphatic heterocycles. The largest absolute Gasteiger partial charge is 0.309 e. The number of hydrogen-bond donors (Lipinski definition) is 0. The van der Waals surface area contributed by atoms with Gasteiger partial charge in [-0.3, -0.25) is 4.98 Å². The molecule has 0 aliphatic rings. The van der Waals surface area contributed by atoms with Crippen LogP contribution in [0.5, 0.6) is 0 Å². The highest BCUT2D eigenvalue weighted by Gasteiger charge is 2.05. The number of halogens is 1. The summed E-state index contributed by atoms with van der Waals surface area (Å²) >= 11 is 3.48. The Morgan fingerprint density at radius 3 is 2.50 bits per heavy atom. The van der Waals surface area contributed by atoms with Crippen molar-refractivity contribution in [3.05, 3.63) is 70.5 Å². The number of nitrogens with zero attached hydrogens (tertiary/aromatic N) is 2. The summed E-state index contributed by atoms with van der Waals surface area (Å²) in [5.74, 6) is 0. The molecule has 0 fully saturated rings. The zero-order valence-corrected chi connectivity index (χ0v) is 13.5. The van der Waals surface area contributed by atoms with E-state index >= 15 is 0 Å². The number of benzene rings is 1. The zero-order chi connectivity index (χ0) is 14.4. The van der Waals surface area contributed by atoms with E-state index in [1.54, 1.807) is 0 Å². The normalized spacial score (nSPS) is 11.9. The van der Waals surface area contributed by atoms with Crippen LogP contribution in [0.15, 0.2) is 59.3 Å². The lowest BCUT2D eigenvalue weighted by Gasteiger charge is -2.11. The van der Waals surface area contributed by atoms with E-state index in [0.29, 0.717) is 0 Å². The summed E-state index contributed by atoms with van der Waals surface area (Å²) in [6.45, 7) is 1.04. The van der Waals surface area contributed by atoms with Crippen molar-refractivity contribution in [1.29, 1.82) is 0 Å². The second-order valence-electron chi connectivity index (χ2n) is 4.96. The topological polar surface area (TPSA) is 16.1 Å². The molecule has 1 heterocycles. The first kappa shape index (κ1) is 14.9. The van der Waals surface area contributed by atoms with Crippen LogP contribution in [0.2, 0.25) is 0 Å². The summed E-state index contributed by atoms with van der Waals surface area (Å²) < 4.78 is 1.10. The fourth-order valence-corrected chi connectivity index (χ4v) is 2.29. The van der Waals surface area contributed by atoms with Gasteiger partial charge in [-0.15, -0.1) is 0 Å². The molecular formula is C17H19BrN2. The van der Waals surface area contributed by atoms with Crippen LogP contribution in [-0.4, -0.2) is 30.5 Å². The smallest absolute Gasteiger partial charge is 0.0346 e. The molecule has 0 saturated heterocycles. The quantitative estimate of drug-likeness (QED) is 0.815. The van der Waals surface area contributed by atoms with Crippen LogP contribution in [0, 0.1) is 0 Å². The minimum Gasteiger partial charge on any atom is -0.309 e. The van der Waals surface area contributed by atoms with Crippen LogP contribution in [0.1, 0.15) is 17.5 Å². The van der Waals surface area contributed by atoms with Crippen molar-refractivity contribution in [3.8, 4) is 0 Å². The van der Waals surface area contributed by atoms with Crippen molar-refractivity contribution in [2.24, 2.45) is 0 Å². The maximum absolute atomic E-state index is 4.23. The van der Waals surface area contributed by atoms with Crippen molar-refractivity contribution in [2.75, 3.05) is 20.6 Å². The lowest BCUT2D eigenvalue weighted by molar-refractivity contribution is 0.417. The van der Waals surface area contributed by atoms with Gasteiger partial charge in [0.05, 0.1) is 0 Å². The Kier molecular flexibility index (Phi) is 5.50. The molecule has 0 aliphatic carbocycles. The summed E-state index contributed by atoms with van der Waals surface area (Å²) in [6.07, 6.45) is 7.04. The monoisotopic (exact) mass is 330 g/mol.